The van der Waals surface area contributed by atoms with Gasteiger partial charge in [-0.05, 0) is 42.5 Å². The molecule has 3 aromatic rings. The molecule has 0 atom stereocenters. The number of anilines is 3. The number of nitrogens with zero attached hydrogens (tertiary/aromatic N) is 1. The average molecular weight is 421 g/mol. The number of urea groups is 1. The molecule has 0 aliphatic heterocycles. The molecular weight excluding hydrogens is 407 g/mol. The van der Waals surface area contributed by atoms with Gasteiger partial charge in [0, 0.05) is 16.8 Å². The van der Waals surface area contributed by atoms with Gasteiger partial charge in [0.05, 0.1) is 12.1 Å². The summed E-state index contributed by atoms with van der Waals surface area (Å²) in [6.45, 7) is 0. The number of thiazole rings is 1. The van der Waals surface area contributed by atoms with Crippen LogP contribution >= 0.6 is 22.9 Å². The third kappa shape index (κ3) is 4.96. The van der Waals surface area contributed by atoms with Crippen LogP contribution in [0, 0.1) is 5.82 Å². The van der Waals surface area contributed by atoms with Gasteiger partial charge in [-0.1, -0.05) is 11.6 Å². The van der Waals surface area contributed by atoms with Crippen LogP contribution < -0.4 is 20.7 Å². The fourth-order valence-corrected chi connectivity index (χ4v) is 3.11. The summed E-state index contributed by atoms with van der Waals surface area (Å²) in [7, 11) is 1.50. The van der Waals surface area contributed by atoms with Crippen molar-refractivity contribution in [1.82, 2.24) is 4.98 Å². The van der Waals surface area contributed by atoms with Gasteiger partial charge in [0.2, 0.25) is 0 Å². The largest absolute Gasteiger partial charge is 0.495 e. The number of rotatable bonds is 5. The van der Waals surface area contributed by atoms with E-state index in [4.69, 9.17) is 16.3 Å². The molecule has 0 aliphatic carbocycles. The molecule has 0 bridgehead atoms. The van der Waals surface area contributed by atoms with Crippen LogP contribution in [0.4, 0.5) is 25.7 Å². The molecule has 3 rings (SSSR count). The van der Waals surface area contributed by atoms with Crippen LogP contribution in [0.1, 0.15) is 10.5 Å². The number of methoxy groups -OCH3 is 1. The summed E-state index contributed by atoms with van der Waals surface area (Å²) in [5.74, 6) is -0.365. The van der Waals surface area contributed by atoms with Crippen molar-refractivity contribution in [2.75, 3.05) is 23.1 Å². The number of amides is 3. The van der Waals surface area contributed by atoms with Crippen LogP contribution in [0.3, 0.4) is 0 Å². The standard InChI is InChI=1S/C18H14ClFN4O3S/c1-27-15-7-6-12(8-13(15)19)21-16(25)14-9-28-18(23-14)24-17(26)22-11-4-2-10(20)3-5-11/h2-9H,1H3,(H,21,25)(H2,22,23,24,26). The topological polar surface area (TPSA) is 92.4 Å². The zero-order valence-electron chi connectivity index (χ0n) is 14.5. The van der Waals surface area contributed by atoms with Crippen LogP contribution in [0.2, 0.25) is 5.02 Å². The Balaban J connectivity index is 1.59. The van der Waals surface area contributed by atoms with Crippen LogP contribution in [-0.2, 0) is 0 Å². The molecule has 0 radical (unpaired) electrons. The SMILES string of the molecule is COc1ccc(NC(=O)c2csc(NC(=O)Nc3ccc(F)cc3)n2)cc1Cl. The molecule has 0 unspecified atom stereocenters. The van der Waals surface area contributed by atoms with Crippen LogP contribution in [0.25, 0.3) is 0 Å². The van der Waals surface area contributed by atoms with E-state index in [1.165, 1.54) is 36.8 Å². The first kappa shape index (κ1) is 19.6. The van der Waals surface area contributed by atoms with E-state index in [0.717, 1.165) is 11.3 Å². The molecule has 28 heavy (non-hydrogen) atoms. The number of carbonyl (C=O) groups is 2. The first-order valence-corrected chi connectivity index (χ1v) is 9.14. The zero-order valence-corrected chi connectivity index (χ0v) is 16.0. The van der Waals surface area contributed by atoms with Crippen molar-refractivity contribution in [2.45, 2.75) is 0 Å². The molecule has 0 saturated heterocycles. The lowest BCUT2D eigenvalue weighted by Gasteiger charge is -2.07. The molecule has 0 fully saturated rings. The second kappa shape index (κ2) is 8.68. The summed E-state index contributed by atoms with van der Waals surface area (Å²) in [4.78, 5) is 28.3. The Kier molecular flexibility index (Phi) is 6.07. The molecule has 0 aliphatic rings. The lowest BCUT2D eigenvalue weighted by atomic mass is 10.3. The second-order valence-corrected chi connectivity index (χ2v) is 6.69. The number of ether oxygens (including phenoxy) is 1. The lowest BCUT2D eigenvalue weighted by molar-refractivity contribution is 0.102. The van der Waals surface area contributed by atoms with E-state index in [9.17, 15) is 14.0 Å². The van der Waals surface area contributed by atoms with Gasteiger partial charge in [-0.25, -0.2) is 14.2 Å². The fourth-order valence-electron chi connectivity index (χ4n) is 2.17. The summed E-state index contributed by atoms with van der Waals surface area (Å²) >= 11 is 7.12. The minimum Gasteiger partial charge on any atom is -0.495 e. The maximum absolute atomic E-state index is 12.9. The molecule has 0 saturated carbocycles. The van der Waals surface area contributed by atoms with Crippen LogP contribution in [-0.4, -0.2) is 24.0 Å². The highest BCUT2D eigenvalue weighted by Crippen LogP contribution is 2.27. The van der Waals surface area contributed by atoms with Gasteiger partial charge in [-0.2, -0.15) is 0 Å². The Labute approximate surface area is 168 Å². The van der Waals surface area contributed by atoms with E-state index in [1.807, 2.05) is 0 Å². The monoisotopic (exact) mass is 420 g/mol. The first-order valence-electron chi connectivity index (χ1n) is 7.88. The molecule has 7 nitrogen and oxygen atoms in total. The summed E-state index contributed by atoms with van der Waals surface area (Å²) in [5, 5.41) is 9.82. The fraction of sp³-hybridized carbons (Fsp3) is 0.0556. The number of hydrogen-bond donors (Lipinski definition) is 3. The van der Waals surface area contributed by atoms with Gasteiger partial charge in [0.1, 0.15) is 17.3 Å². The van der Waals surface area contributed by atoms with Gasteiger partial charge in [0.25, 0.3) is 5.91 Å². The number of hydrogen-bond acceptors (Lipinski definition) is 5. The van der Waals surface area contributed by atoms with Crippen molar-refractivity contribution in [1.29, 1.82) is 0 Å². The lowest BCUT2D eigenvalue weighted by Crippen LogP contribution is -2.19. The Morgan fingerprint density at radius 3 is 2.46 bits per heavy atom. The van der Waals surface area contributed by atoms with Crippen molar-refractivity contribution in [3.63, 3.8) is 0 Å². The molecular formula is C18H14ClFN4O3S. The summed E-state index contributed by atoms with van der Waals surface area (Å²) in [5.41, 5.74) is 1.03. The second-order valence-electron chi connectivity index (χ2n) is 5.43. The van der Waals surface area contributed by atoms with E-state index in [-0.39, 0.29) is 10.8 Å². The molecule has 1 heterocycles. The van der Waals surface area contributed by atoms with Gasteiger partial charge in [0.15, 0.2) is 5.13 Å². The van der Waals surface area contributed by atoms with Crippen molar-refractivity contribution < 1.29 is 18.7 Å². The predicted octanol–water partition coefficient (Wildman–Crippen LogP) is 4.84. The Bertz CT molecular complexity index is 1010. The predicted molar refractivity (Wildman–Crippen MR) is 107 cm³/mol. The number of nitrogens with one attached hydrogen (secondary N) is 3. The summed E-state index contributed by atoms with van der Waals surface area (Å²) < 4.78 is 17.9. The van der Waals surface area contributed by atoms with E-state index in [0.29, 0.717) is 22.1 Å². The van der Waals surface area contributed by atoms with E-state index in [2.05, 4.69) is 20.9 Å². The maximum Gasteiger partial charge on any atom is 0.325 e. The highest BCUT2D eigenvalue weighted by atomic mass is 35.5. The van der Waals surface area contributed by atoms with Gasteiger partial charge in [-0.3, -0.25) is 10.1 Å². The van der Waals surface area contributed by atoms with Gasteiger partial charge >= 0.3 is 6.03 Å². The van der Waals surface area contributed by atoms with Crippen molar-refractivity contribution >= 4 is 51.4 Å². The Morgan fingerprint density at radius 2 is 1.79 bits per heavy atom. The normalized spacial score (nSPS) is 10.2. The molecule has 2 aromatic carbocycles. The Hall–Kier alpha value is -3.17. The first-order chi connectivity index (χ1) is 13.4. The van der Waals surface area contributed by atoms with E-state index >= 15 is 0 Å². The molecule has 144 valence electrons. The minimum atomic E-state index is -0.560. The minimum absolute atomic E-state index is 0.133. The number of carbonyl (C=O) groups excluding carboxylic acids is 2. The van der Waals surface area contributed by atoms with Crippen LogP contribution in [0.5, 0.6) is 5.75 Å². The van der Waals surface area contributed by atoms with E-state index in [1.54, 1.807) is 18.2 Å². The molecule has 3 amide bonds. The maximum atomic E-state index is 12.9. The van der Waals surface area contributed by atoms with Gasteiger partial charge in [-0.15, -0.1) is 11.3 Å². The van der Waals surface area contributed by atoms with Crippen molar-refractivity contribution in [2.24, 2.45) is 0 Å². The van der Waals surface area contributed by atoms with Crippen molar-refractivity contribution in [3.05, 3.63) is 64.4 Å². The quantitative estimate of drug-likeness (QED) is 0.550. The zero-order chi connectivity index (χ0) is 20.1. The average Bonchev–Trinajstić information content (AvgIpc) is 3.12. The highest BCUT2D eigenvalue weighted by molar-refractivity contribution is 7.14. The molecule has 1 aromatic heterocycles. The smallest absolute Gasteiger partial charge is 0.325 e. The van der Waals surface area contributed by atoms with Crippen LogP contribution in [0.15, 0.2) is 47.8 Å². The molecule has 0 spiro atoms. The number of aromatic nitrogens is 1. The van der Waals surface area contributed by atoms with E-state index < -0.39 is 17.8 Å². The van der Waals surface area contributed by atoms with Crippen molar-refractivity contribution in [3.8, 4) is 5.75 Å². The molecule has 10 heteroatoms. The number of benzene rings is 2. The highest BCUT2D eigenvalue weighted by Gasteiger charge is 2.13. The number of halogens is 2. The molecule has 3 N–H and O–H groups in total. The summed E-state index contributed by atoms with van der Waals surface area (Å²) in [6, 6.07) is 9.58. The Morgan fingerprint density at radius 1 is 1.07 bits per heavy atom. The third-order valence-corrected chi connectivity index (χ3v) is 4.52. The van der Waals surface area contributed by atoms with Gasteiger partial charge < -0.3 is 15.4 Å². The summed E-state index contributed by atoms with van der Waals surface area (Å²) in [6.07, 6.45) is 0. The third-order valence-electron chi connectivity index (χ3n) is 3.47.